The lowest BCUT2D eigenvalue weighted by Crippen LogP contribution is -2.54. The van der Waals surface area contributed by atoms with Gasteiger partial charge in [0.05, 0.1) is 24.2 Å². The number of piperidine rings is 1. The van der Waals surface area contributed by atoms with Crippen molar-refractivity contribution < 1.29 is 14.6 Å². The van der Waals surface area contributed by atoms with E-state index in [1.807, 2.05) is 36.1 Å². The van der Waals surface area contributed by atoms with Gasteiger partial charge >= 0.3 is 0 Å². The van der Waals surface area contributed by atoms with Crippen LogP contribution in [-0.4, -0.2) is 46.8 Å². The van der Waals surface area contributed by atoms with Gasteiger partial charge in [0.2, 0.25) is 5.91 Å². The fraction of sp³-hybridized carbons (Fsp3) is 0.611. The summed E-state index contributed by atoms with van der Waals surface area (Å²) in [5, 5.41) is 11.0. The van der Waals surface area contributed by atoms with E-state index in [-0.39, 0.29) is 11.5 Å². The number of halogens is 1. The molecule has 0 saturated carbocycles. The zero-order valence-corrected chi connectivity index (χ0v) is 14.3. The fourth-order valence-corrected chi connectivity index (χ4v) is 3.82. The molecule has 1 aromatic carbocycles. The molecule has 23 heavy (non-hydrogen) atoms. The average molecular weight is 338 g/mol. The molecule has 0 radical (unpaired) electrons. The second-order valence-corrected chi connectivity index (χ2v) is 7.58. The van der Waals surface area contributed by atoms with E-state index in [2.05, 4.69) is 0 Å². The highest BCUT2D eigenvalue weighted by Gasteiger charge is 2.44. The lowest BCUT2D eigenvalue weighted by atomic mass is 9.78. The monoisotopic (exact) mass is 337 g/mol. The number of aliphatic hydroxyl groups is 1. The first-order chi connectivity index (χ1) is 10.9. The van der Waals surface area contributed by atoms with E-state index < -0.39 is 5.60 Å². The third kappa shape index (κ3) is 4.06. The predicted molar refractivity (Wildman–Crippen MR) is 89.5 cm³/mol. The van der Waals surface area contributed by atoms with Crippen LogP contribution in [0.1, 0.15) is 38.2 Å². The van der Waals surface area contributed by atoms with Crippen LogP contribution in [0, 0.1) is 0 Å². The van der Waals surface area contributed by atoms with E-state index in [1.54, 1.807) is 0 Å². The van der Waals surface area contributed by atoms with Crippen molar-refractivity contribution in [3.05, 3.63) is 34.9 Å². The second kappa shape index (κ2) is 6.42. The van der Waals surface area contributed by atoms with Crippen molar-refractivity contribution >= 4 is 17.5 Å². The molecule has 0 aromatic heterocycles. The van der Waals surface area contributed by atoms with Crippen molar-refractivity contribution in [1.29, 1.82) is 0 Å². The van der Waals surface area contributed by atoms with Gasteiger partial charge in [-0.25, -0.2) is 0 Å². The first kappa shape index (κ1) is 16.7. The molecule has 1 amide bonds. The number of ether oxygens (including phenoxy) is 1. The van der Waals surface area contributed by atoms with Crippen molar-refractivity contribution in [2.24, 2.45) is 0 Å². The Morgan fingerprint density at radius 3 is 2.52 bits per heavy atom. The summed E-state index contributed by atoms with van der Waals surface area (Å²) in [6.45, 7) is 3.88. The molecule has 2 saturated heterocycles. The Kier molecular flexibility index (Phi) is 4.68. The normalized spacial score (nSPS) is 27.2. The highest BCUT2D eigenvalue weighted by Crippen LogP contribution is 2.39. The molecule has 2 fully saturated rings. The minimum atomic E-state index is -0.645. The van der Waals surface area contributed by atoms with Gasteiger partial charge in [-0.3, -0.25) is 4.79 Å². The SMILES string of the molecule is CC1(O)CCOC2(CCN(C(=O)Cc3ccc(Cl)cc3)CC2)C1. The van der Waals surface area contributed by atoms with Crippen molar-refractivity contribution in [2.75, 3.05) is 19.7 Å². The molecule has 1 atom stereocenters. The Bertz CT molecular complexity index is 562. The topological polar surface area (TPSA) is 49.8 Å². The summed E-state index contributed by atoms with van der Waals surface area (Å²) >= 11 is 5.87. The van der Waals surface area contributed by atoms with Crippen LogP contribution < -0.4 is 0 Å². The Morgan fingerprint density at radius 2 is 1.91 bits per heavy atom. The summed E-state index contributed by atoms with van der Waals surface area (Å²) in [5.74, 6) is 0.143. The molecule has 0 bridgehead atoms. The van der Waals surface area contributed by atoms with Crippen LogP contribution in [0.2, 0.25) is 5.02 Å². The van der Waals surface area contributed by atoms with E-state index in [0.717, 1.165) is 18.4 Å². The van der Waals surface area contributed by atoms with Gasteiger partial charge in [0.15, 0.2) is 0 Å². The molecule has 4 nitrogen and oxygen atoms in total. The fourth-order valence-electron chi connectivity index (χ4n) is 3.69. The molecule has 1 spiro atoms. The first-order valence-electron chi connectivity index (χ1n) is 8.26. The molecule has 2 aliphatic heterocycles. The maximum Gasteiger partial charge on any atom is 0.226 e. The largest absolute Gasteiger partial charge is 0.390 e. The standard InChI is InChI=1S/C18H24ClNO3/c1-17(22)8-11-23-18(13-17)6-9-20(10-7-18)16(21)12-14-2-4-15(19)5-3-14/h2-5,22H,6-13H2,1H3. The van der Waals surface area contributed by atoms with Crippen LogP contribution in [0.4, 0.5) is 0 Å². The number of carbonyl (C=O) groups is 1. The van der Waals surface area contributed by atoms with Crippen LogP contribution in [-0.2, 0) is 16.0 Å². The van der Waals surface area contributed by atoms with E-state index in [9.17, 15) is 9.90 Å². The Hall–Kier alpha value is -1.10. The van der Waals surface area contributed by atoms with Crippen molar-refractivity contribution in [2.45, 2.75) is 50.2 Å². The van der Waals surface area contributed by atoms with E-state index in [4.69, 9.17) is 16.3 Å². The molecule has 2 heterocycles. The van der Waals surface area contributed by atoms with Crippen molar-refractivity contribution in [1.82, 2.24) is 4.90 Å². The van der Waals surface area contributed by atoms with E-state index in [1.165, 1.54) is 0 Å². The molecule has 2 aliphatic rings. The minimum Gasteiger partial charge on any atom is -0.390 e. The molecular formula is C18H24ClNO3. The van der Waals surface area contributed by atoms with Gasteiger partial charge in [0.1, 0.15) is 0 Å². The number of nitrogens with zero attached hydrogens (tertiary/aromatic N) is 1. The lowest BCUT2D eigenvalue weighted by molar-refractivity contribution is -0.175. The van der Waals surface area contributed by atoms with Crippen LogP contribution in [0.5, 0.6) is 0 Å². The predicted octanol–water partition coefficient (Wildman–Crippen LogP) is 2.81. The zero-order chi connectivity index (χ0) is 16.5. The molecule has 5 heteroatoms. The summed E-state index contributed by atoms with van der Waals surface area (Å²) in [7, 11) is 0. The summed E-state index contributed by atoms with van der Waals surface area (Å²) < 4.78 is 5.99. The molecule has 3 rings (SSSR count). The summed E-state index contributed by atoms with van der Waals surface area (Å²) in [6.07, 6.45) is 3.36. The molecule has 1 aromatic rings. The Balaban J connectivity index is 1.56. The number of carbonyl (C=O) groups excluding carboxylic acids is 1. The smallest absolute Gasteiger partial charge is 0.226 e. The first-order valence-corrected chi connectivity index (χ1v) is 8.64. The zero-order valence-electron chi connectivity index (χ0n) is 13.6. The highest BCUT2D eigenvalue weighted by atomic mass is 35.5. The van der Waals surface area contributed by atoms with Crippen molar-refractivity contribution in [3.8, 4) is 0 Å². The minimum absolute atomic E-state index is 0.143. The number of likely N-dealkylation sites (tertiary alicyclic amines) is 1. The molecule has 0 aliphatic carbocycles. The summed E-state index contributed by atoms with van der Waals surface area (Å²) in [5.41, 5.74) is 0.0866. The van der Waals surface area contributed by atoms with E-state index in [0.29, 0.717) is 44.0 Å². The van der Waals surface area contributed by atoms with Gasteiger partial charge in [-0.2, -0.15) is 0 Å². The third-order valence-corrected chi connectivity index (χ3v) is 5.30. The Morgan fingerprint density at radius 1 is 1.26 bits per heavy atom. The van der Waals surface area contributed by atoms with Gasteiger partial charge in [-0.15, -0.1) is 0 Å². The number of amides is 1. The number of hydrogen-bond donors (Lipinski definition) is 1. The van der Waals surface area contributed by atoms with Gasteiger partial charge in [-0.1, -0.05) is 23.7 Å². The van der Waals surface area contributed by atoms with Crippen LogP contribution >= 0.6 is 11.6 Å². The van der Waals surface area contributed by atoms with Gasteiger partial charge in [0, 0.05) is 24.5 Å². The van der Waals surface area contributed by atoms with Gasteiger partial charge in [0.25, 0.3) is 0 Å². The van der Waals surface area contributed by atoms with Crippen LogP contribution in [0.25, 0.3) is 0 Å². The van der Waals surface area contributed by atoms with Crippen molar-refractivity contribution in [3.63, 3.8) is 0 Å². The maximum absolute atomic E-state index is 12.5. The molecule has 126 valence electrons. The summed E-state index contributed by atoms with van der Waals surface area (Å²) in [6, 6.07) is 7.42. The van der Waals surface area contributed by atoms with E-state index >= 15 is 0 Å². The third-order valence-electron chi connectivity index (χ3n) is 5.05. The molecule has 1 N–H and O–H groups in total. The number of hydrogen-bond acceptors (Lipinski definition) is 3. The van der Waals surface area contributed by atoms with Gasteiger partial charge < -0.3 is 14.7 Å². The quantitative estimate of drug-likeness (QED) is 0.902. The lowest BCUT2D eigenvalue weighted by Gasteiger charge is -2.48. The Labute approximate surface area is 142 Å². The highest BCUT2D eigenvalue weighted by molar-refractivity contribution is 6.30. The summed E-state index contributed by atoms with van der Waals surface area (Å²) in [4.78, 5) is 14.4. The molecular weight excluding hydrogens is 314 g/mol. The maximum atomic E-state index is 12.5. The van der Waals surface area contributed by atoms with Gasteiger partial charge in [-0.05, 0) is 43.9 Å². The van der Waals surface area contributed by atoms with Crippen LogP contribution in [0.15, 0.2) is 24.3 Å². The molecule has 1 unspecified atom stereocenters. The number of rotatable bonds is 2. The average Bonchev–Trinajstić information content (AvgIpc) is 2.49. The van der Waals surface area contributed by atoms with Crippen LogP contribution in [0.3, 0.4) is 0 Å². The second-order valence-electron chi connectivity index (χ2n) is 7.14. The number of benzene rings is 1.